The Bertz CT molecular complexity index is 313. The molecular formula is C10H15N3O2. The summed E-state index contributed by atoms with van der Waals surface area (Å²) in [5.41, 5.74) is 0.642. The fraction of sp³-hybridized carbons (Fsp3) is 0.500. The van der Waals surface area contributed by atoms with Gasteiger partial charge in [0, 0.05) is 19.9 Å². The summed E-state index contributed by atoms with van der Waals surface area (Å²) in [5.74, 6) is 0.184. The van der Waals surface area contributed by atoms with E-state index >= 15 is 0 Å². The highest BCUT2D eigenvalue weighted by Gasteiger charge is 2.06. The summed E-state index contributed by atoms with van der Waals surface area (Å²) in [4.78, 5) is 14.3. The highest BCUT2D eigenvalue weighted by Crippen LogP contribution is 2.20. The lowest BCUT2D eigenvalue weighted by Gasteiger charge is -2.14. The Kier molecular flexibility index (Phi) is 4.70. The summed E-state index contributed by atoms with van der Waals surface area (Å²) in [6.45, 7) is 2.68. The number of hydrogen-bond donors (Lipinski definition) is 1. The quantitative estimate of drug-likeness (QED) is 0.730. The normalized spacial score (nSPS) is 12.1. The van der Waals surface area contributed by atoms with Crippen LogP contribution in [0.15, 0.2) is 23.5 Å². The molecule has 0 aliphatic carbocycles. The second-order valence-corrected chi connectivity index (χ2v) is 3.11. The Hall–Kier alpha value is -1.49. The van der Waals surface area contributed by atoms with Crippen LogP contribution < -0.4 is 5.32 Å². The van der Waals surface area contributed by atoms with E-state index in [0.29, 0.717) is 12.2 Å². The number of methoxy groups -OCH3 is 1. The lowest BCUT2D eigenvalue weighted by atomic mass is 10.2. The number of ether oxygens (including phenoxy) is 1. The van der Waals surface area contributed by atoms with Gasteiger partial charge in [-0.25, -0.2) is 4.98 Å². The van der Waals surface area contributed by atoms with Crippen LogP contribution in [0.25, 0.3) is 0 Å². The smallest absolute Gasteiger partial charge is 0.219 e. The number of hydrogen-bond acceptors (Lipinski definition) is 5. The van der Waals surface area contributed by atoms with Crippen LogP contribution in [0.2, 0.25) is 0 Å². The molecule has 0 spiro atoms. The lowest BCUT2D eigenvalue weighted by Crippen LogP contribution is -2.20. The van der Waals surface area contributed by atoms with Crippen LogP contribution in [0.3, 0.4) is 0 Å². The van der Waals surface area contributed by atoms with Gasteiger partial charge in [0.25, 0.3) is 0 Å². The maximum atomic E-state index is 10.4. The van der Waals surface area contributed by atoms with E-state index in [1.54, 1.807) is 19.2 Å². The standard InChI is InChI=1S/C10H15N3O2/c1-3-8(15-2)7-12-9-5-4-6-11-10(9)13-14/h4-6,8,12H,3,7H2,1-2H3. The molecule has 5 heteroatoms. The molecule has 82 valence electrons. The van der Waals surface area contributed by atoms with Crippen molar-refractivity contribution >= 4 is 11.5 Å². The van der Waals surface area contributed by atoms with E-state index in [9.17, 15) is 4.91 Å². The summed E-state index contributed by atoms with van der Waals surface area (Å²) < 4.78 is 5.20. The van der Waals surface area contributed by atoms with Crippen molar-refractivity contribution in [2.75, 3.05) is 19.0 Å². The van der Waals surface area contributed by atoms with Crippen LogP contribution in [-0.4, -0.2) is 24.7 Å². The largest absolute Gasteiger partial charge is 0.380 e. The first-order chi connectivity index (χ1) is 7.31. The Morgan fingerprint density at radius 3 is 3.07 bits per heavy atom. The van der Waals surface area contributed by atoms with Gasteiger partial charge in [-0.05, 0) is 23.7 Å². The molecule has 5 nitrogen and oxygen atoms in total. The monoisotopic (exact) mass is 209 g/mol. The van der Waals surface area contributed by atoms with Gasteiger partial charge in [0.15, 0.2) is 0 Å². The molecule has 1 aromatic heterocycles. The molecule has 0 radical (unpaired) electrons. The van der Waals surface area contributed by atoms with E-state index < -0.39 is 0 Å². The van der Waals surface area contributed by atoms with Gasteiger partial charge in [-0.2, -0.15) is 0 Å². The zero-order valence-electron chi connectivity index (χ0n) is 8.93. The van der Waals surface area contributed by atoms with E-state index in [1.807, 2.05) is 6.92 Å². The number of pyridine rings is 1. The first-order valence-electron chi connectivity index (χ1n) is 4.86. The van der Waals surface area contributed by atoms with Crippen molar-refractivity contribution in [1.82, 2.24) is 4.98 Å². The zero-order valence-corrected chi connectivity index (χ0v) is 8.93. The molecule has 0 saturated heterocycles. The van der Waals surface area contributed by atoms with Crippen molar-refractivity contribution in [3.8, 4) is 0 Å². The molecule has 0 aromatic carbocycles. The fourth-order valence-corrected chi connectivity index (χ4v) is 1.23. The zero-order chi connectivity index (χ0) is 11.1. The third-order valence-corrected chi connectivity index (χ3v) is 2.18. The van der Waals surface area contributed by atoms with Crippen LogP contribution in [-0.2, 0) is 4.74 Å². The molecule has 0 amide bonds. The number of anilines is 1. The Morgan fingerprint density at radius 2 is 2.47 bits per heavy atom. The molecule has 1 unspecified atom stereocenters. The number of aromatic nitrogens is 1. The number of nitrogens with one attached hydrogen (secondary N) is 1. The van der Waals surface area contributed by atoms with E-state index in [4.69, 9.17) is 4.74 Å². The first-order valence-corrected chi connectivity index (χ1v) is 4.86. The van der Waals surface area contributed by atoms with Crippen molar-refractivity contribution < 1.29 is 4.74 Å². The molecule has 15 heavy (non-hydrogen) atoms. The summed E-state index contributed by atoms with van der Waals surface area (Å²) in [7, 11) is 1.66. The van der Waals surface area contributed by atoms with Gasteiger partial charge >= 0.3 is 0 Å². The maximum absolute atomic E-state index is 10.4. The van der Waals surface area contributed by atoms with Crippen LogP contribution in [0.5, 0.6) is 0 Å². The molecule has 0 aliphatic rings. The van der Waals surface area contributed by atoms with Crippen molar-refractivity contribution in [3.05, 3.63) is 23.2 Å². The molecular weight excluding hydrogens is 194 g/mol. The van der Waals surface area contributed by atoms with E-state index in [2.05, 4.69) is 15.5 Å². The van der Waals surface area contributed by atoms with Crippen molar-refractivity contribution in [1.29, 1.82) is 0 Å². The third kappa shape index (κ3) is 3.28. The minimum atomic E-state index is 0.129. The van der Waals surface area contributed by atoms with E-state index in [1.165, 1.54) is 6.20 Å². The van der Waals surface area contributed by atoms with Crippen molar-refractivity contribution in [3.63, 3.8) is 0 Å². The van der Waals surface area contributed by atoms with E-state index in [-0.39, 0.29) is 11.9 Å². The second-order valence-electron chi connectivity index (χ2n) is 3.11. The van der Waals surface area contributed by atoms with Gasteiger partial charge in [0.1, 0.15) is 0 Å². The fourth-order valence-electron chi connectivity index (χ4n) is 1.23. The van der Waals surface area contributed by atoms with Crippen LogP contribution in [0.1, 0.15) is 13.3 Å². The molecule has 0 saturated carbocycles. The van der Waals surface area contributed by atoms with Crippen LogP contribution in [0.4, 0.5) is 11.5 Å². The van der Waals surface area contributed by atoms with Gasteiger partial charge in [-0.15, -0.1) is 4.91 Å². The van der Waals surface area contributed by atoms with Gasteiger partial charge in [0.05, 0.1) is 11.8 Å². The predicted octanol–water partition coefficient (Wildman–Crippen LogP) is 2.32. The Labute approximate surface area is 88.8 Å². The molecule has 0 aliphatic heterocycles. The Balaban J connectivity index is 2.60. The highest BCUT2D eigenvalue weighted by atomic mass is 16.5. The van der Waals surface area contributed by atoms with Crippen LogP contribution in [0, 0.1) is 4.91 Å². The molecule has 1 rings (SSSR count). The number of rotatable bonds is 6. The first kappa shape index (κ1) is 11.6. The molecule has 1 N–H and O–H groups in total. The molecule has 0 bridgehead atoms. The average molecular weight is 209 g/mol. The van der Waals surface area contributed by atoms with Gasteiger partial charge < -0.3 is 10.1 Å². The van der Waals surface area contributed by atoms with Crippen LogP contribution >= 0.6 is 0 Å². The lowest BCUT2D eigenvalue weighted by molar-refractivity contribution is 0.110. The van der Waals surface area contributed by atoms with Gasteiger partial charge in [-0.3, -0.25) is 0 Å². The molecule has 1 heterocycles. The summed E-state index contributed by atoms with van der Waals surface area (Å²) >= 11 is 0. The topological polar surface area (TPSA) is 63.6 Å². The maximum Gasteiger partial charge on any atom is 0.219 e. The number of nitroso groups, excluding NO2 is 1. The third-order valence-electron chi connectivity index (χ3n) is 2.18. The second kappa shape index (κ2) is 6.08. The SMILES string of the molecule is CCC(CNc1cccnc1N=O)OC. The van der Waals surface area contributed by atoms with Gasteiger partial charge in [0.2, 0.25) is 5.82 Å². The predicted molar refractivity (Wildman–Crippen MR) is 59.3 cm³/mol. The van der Waals surface area contributed by atoms with E-state index in [0.717, 1.165) is 6.42 Å². The highest BCUT2D eigenvalue weighted by molar-refractivity contribution is 5.60. The summed E-state index contributed by atoms with van der Waals surface area (Å²) in [6.07, 6.45) is 2.58. The van der Waals surface area contributed by atoms with Gasteiger partial charge in [-0.1, -0.05) is 6.92 Å². The molecule has 0 fully saturated rings. The Morgan fingerprint density at radius 1 is 1.67 bits per heavy atom. The molecule has 1 aromatic rings. The summed E-state index contributed by atoms with van der Waals surface area (Å²) in [5, 5.41) is 5.92. The van der Waals surface area contributed by atoms with Crippen molar-refractivity contribution in [2.45, 2.75) is 19.4 Å². The molecule has 1 atom stereocenters. The minimum Gasteiger partial charge on any atom is -0.380 e. The average Bonchev–Trinajstić information content (AvgIpc) is 2.31. The summed E-state index contributed by atoms with van der Waals surface area (Å²) in [6, 6.07) is 3.52. The number of nitrogens with zero attached hydrogens (tertiary/aromatic N) is 2. The van der Waals surface area contributed by atoms with Crippen molar-refractivity contribution in [2.24, 2.45) is 5.18 Å². The minimum absolute atomic E-state index is 0.129.